The molecular formula is C44H54N4O5. The Labute approximate surface area is 315 Å². The Morgan fingerprint density at radius 3 is 1.13 bits per heavy atom. The zero-order valence-electron chi connectivity index (χ0n) is 31.4. The fraction of sp³-hybridized carbons (Fsp3) is 0.409. The third-order valence-electron chi connectivity index (χ3n) is 10.3. The highest BCUT2D eigenvalue weighted by Gasteiger charge is 2.22. The molecule has 0 saturated heterocycles. The number of ether oxygens (including phenoxy) is 3. The topological polar surface area (TPSA) is 74.8 Å². The quantitative estimate of drug-likeness (QED) is 0.107. The van der Waals surface area contributed by atoms with E-state index >= 15 is 0 Å². The molecule has 0 radical (unpaired) electrons. The first-order valence-electron chi connectivity index (χ1n) is 19.1. The number of para-hydroxylation sites is 4. The summed E-state index contributed by atoms with van der Waals surface area (Å²) < 4.78 is 16.8. The lowest BCUT2D eigenvalue weighted by atomic mass is 10.0. The zero-order chi connectivity index (χ0) is 36.8. The molecule has 2 amide bonds. The monoisotopic (exact) mass is 718 g/mol. The molecule has 0 N–H and O–H groups in total. The molecule has 2 aliphatic heterocycles. The molecule has 9 heteroatoms. The summed E-state index contributed by atoms with van der Waals surface area (Å²) in [5.41, 5.74) is 10.5. The van der Waals surface area contributed by atoms with Gasteiger partial charge in [0.2, 0.25) is 11.8 Å². The van der Waals surface area contributed by atoms with Crippen LogP contribution in [0.1, 0.15) is 35.1 Å². The Balaban J connectivity index is 0.811. The number of hydrogen-bond acceptors (Lipinski definition) is 7. The molecule has 4 aromatic rings. The smallest absolute Gasteiger partial charge is 0.248 e. The molecule has 280 valence electrons. The van der Waals surface area contributed by atoms with Crippen molar-refractivity contribution in [2.24, 2.45) is 0 Å². The lowest BCUT2D eigenvalue weighted by Crippen LogP contribution is -2.33. The number of fused-ring (bicyclic) bond motifs is 4. The van der Waals surface area contributed by atoms with E-state index in [0.29, 0.717) is 39.5 Å². The summed E-state index contributed by atoms with van der Waals surface area (Å²) in [7, 11) is 3.66. The SMILES string of the molecule is CN(CCCN1c2ccccc2CCc2ccccc21)C(=O)COCCOCCOCC(=O)N(C)CCCN1c2ccccc2CCc2ccccc21. The van der Waals surface area contributed by atoms with E-state index in [1.54, 1.807) is 9.80 Å². The highest BCUT2D eigenvalue weighted by molar-refractivity contribution is 5.78. The summed E-state index contributed by atoms with van der Waals surface area (Å²) in [5, 5.41) is 0. The molecule has 0 fully saturated rings. The fourth-order valence-electron chi connectivity index (χ4n) is 7.28. The molecule has 0 saturated carbocycles. The summed E-state index contributed by atoms with van der Waals surface area (Å²) >= 11 is 0. The zero-order valence-corrected chi connectivity index (χ0v) is 31.4. The Morgan fingerprint density at radius 2 is 0.792 bits per heavy atom. The van der Waals surface area contributed by atoms with Crippen molar-refractivity contribution in [2.45, 2.75) is 38.5 Å². The van der Waals surface area contributed by atoms with Gasteiger partial charge < -0.3 is 33.8 Å². The lowest BCUT2D eigenvalue weighted by Gasteiger charge is -2.28. The molecule has 0 spiro atoms. The summed E-state index contributed by atoms with van der Waals surface area (Å²) in [6.07, 6.45) is 5.80. The maximum Gasteiger partial charge on any atom is 0.248 e. The predicted molar refractivity (Wildman–Crippen MR) is 212 cm³/mol. The summed E-state index contributed by atoms with van der Waals surface area (Å²) in [4.78, 5) is 33.7. The maximum absolute atomic E-state index is 12.7. The third kappa shape index (κ3) is 10.3. The minimum Gasteiger partial charge on any atom is -0.377 e. The number of anilines is 4. The number of benzene rings is 4. The van der Waals surface area contributed by atoms with Crippen molar-refractivity contribution >= 4 is 34.6 Å². The van der Waals surface area contributed by atoms with Gasteiger partial charge in [-0.05, 0) is 85.0 Å². The highest BCUT2D eigenvalue weighted by atomic mass is 16.5. The Kier molecular flexibility index (Phi) is 13.9. The number of aryl methyl sites for hydroxylation is 4. The van der Waals surface area contributed by atoms with Crippen LogP contribution in [-0.4, -0.2) is 102 Å². The van der Waals surface area contributed by atoms with E-state index in [2.05, 4.69) is 107 Å². The van der Waals surface area contributed by atoms with Gasteiger partial charge in [0.15, 0.2) is 0 Å². The Bertz CT molecular complexity index is 1570. The molecule has 9 nitrogen and oxygen atoms in total. The van der Waals surface area contributed by atoms with E-state index in [-0.39, 0.29) is 25.0 Å². The second kappa shape index (κ2) is 19.4. The van der Waals surface area contributed by atoms with E-state index in [9.17, 15) is 9.59 Å². The van der Waals surface area contributed by atoms with E-state index in [1.807, 2.05) is 14.1 Å². The number of nitrogens with zero attached hydrogens (tertiary/aromatic N) is 4. The van der Waals surface area contributed by atoms with Gasteiger partial charge in [-0.3, -0.25) is 9.59 Å². The van der Waals surface area contributed by atoms with Crippen LogP contribution in [0.25, 0.3) is 0 Å². The molecule has 4 aromatic carbocycles. The van der Waals surface area contributed by atoms with Crippen molar-refractivity contribution < 1.29 is 23.8 Å². The highest BCUT2D eigenvalue weighted by Crippen LogP contribution is 2.37. The van der Waals surface area contributed by atoms with Crippen LogP contribution in [0.4, 0.5) is 22.7 Å². The minimum absolute atomic E-state index is 0.0172. The van der Waals surface area contributed by atoms with Crippen molar-refractivity contribution in [1.82, 2.24) is 9.80 Å². The average molecular weight is 719 g/mol. The van der Waals surface area contributed by atoms with Crippen LogP contribution in [0, 0.1) is 0 Å². The molecule has 53 heavy (non-hydrogen) atoms. The van der Waals surface area contributed by atoms with Gasteiger partial charge in [0.05, 0.1) is 26.4 Å². The van der Waals surface area contributed by atoms with Crippen molar-refractivity contribution in [1.29, 1.82) is 0 Å². The van der Waals surface area contributed by atoms with Crippen molar-refractivity contribution in [3.63, 3.8) is 0 Å². The Morgan fingerprint density at radius 1 is 0.491 bits per heavy atom. The van der Waals surface area contributed by atoms with Crippen LogP contribution in [0.15, 0.2) is 97.1 Å². The first-order chi connectivity index (χ1) is 26.0. The van der Waals surface area contributed by atoms with Crippen LogP contribution < -0.4 is 9.80 Å². The number of carbonyl (C=O) groups is 2. The summed E-state index contributed by atoms with van der Waals surface area (Å²) in [5.74, 6) is -0.0950. The summed E-state index contributed by atoms with van der Waals surface area (Å²) in [6, 6.07) is 34.5. The standard InChI is InChI=1S/C44H54N4O5/c1-45(25-11-27-47-39-17-7-3-13-35(39)21-22-36-14-4-8-18-40(36)47)43(49)33-52-31-29-51-30-32-53-34-44(50)46(2)26-12-28-48-41-19-9-5-15-37(41)23-24-38-16-6-10-20-42(38)48/h3-10,13-20H,11-12,21-34H2,1-2H3. The van der Waals surface area contributed by atoms with Crippen LogP contribution >= 0.6 is 0 Å². The fourth-order valence-corrected chi connectivity index (χ4v) is 7.28. The van der Waals surface area contributed by atoms with Crippen LogP contribution in [0.5, 0.6) is 0 Å². The first kappa shape index (κ1) is 38.0. The van der Waals surface area contributed by atoms with Crippen LogP contribution in [0.3, 0.4) is 0 Å². The van der Waals surface area contributed by atoms with Crippen molar-refractivity contribution in [3.8, 4) is 0 Å². The van der Waals surface area contributed by atoms with E-state index in [0.717, 1.165) is 51.6 Å². The molecule has 2 heterocycles. The van der Waals surface area contributed by atoms with Gasteiger partial charge in [-0.25, -0.2) is 0 Å². The third-order valence-corrected chi connectivity index (χ3v) is 10.3. The molecule has 6 rings (SSSR count). The molecule has 0 unspecified atom stereocenters. The predicted octanol–water partition coefficient (Wildman–Crippen LogP) is 6.61. The average Bonchev–Trinajstić information content (AvgIpc) is 3.45. The molecule has 0 aliphatic carbocycles. The van der Waals surface area contributed by atoms with Gasteiger partial charge in [0.1, 0.15) is 13.2 Å². The number of rotatable bonds is 18. The van der Waals surface area contributed by atoms with E-state index in [1.165, 1.54) is 45.0 Å². The van der Waals surface area contributed by atoms with Gasteiger partial charge in [-0.1, -0.05) is 72.8 Å². The van der Waals surface area contributed by atoms with E-state index < -0.39 is 0 Å². The lowest BCUT2D eigenvalue weighted by molar-refractivity contribution is -0.135. The largest absolute Gasteiger partial charge is 0.377 e. The Hall–Kier alpha value is -4.70. The number of amides is 2. The van der Waals surface area contributed by atoms with Crippen LogP contribution in [0.2, 0.25) is 0 Å². The van der Waals surface area contributed by atoms with Crippen molar-refractivity contribution in [3.05, 3.63) is 119 Å². The minimum atomic E-state index is -0.0475. The molecule has 2 aliphatic rings. The van der Waals surface area contributed by atoms with Gasteiger partial charge in [0, 0.05) is 63.0 Å². The second-order valence-electron chi connectivity index (χ2n) is 13.9. The summed E-state index contributed by atoms with van der Waals surface area (Å²) in [6.45, 7) is 4.31. The van der Waals surface area contributed by atoms with Gasteiger partial charge in [0.25, 0.3) is 0 Å². The van der Waals surface area contributed by atoms with E-state index in [4.69, 9.17) is 14.2 Å². The molecule has 0 bridgehead atoms. The number of carbonyl (C=O) groups excluding carboxylic acids is 2. The van der Waals surface area contributed by atoms with Crippen molar-refractivity contribution in [2.75, 3.05) is 89.7 Å². The molecular weight excluding hydrogens is 665 g/mol. The van der Waals surface area contributed by atoms with Gasteiger partial charge >= 0.3 is 0 Å². The number of hydrogen-bond donors (Lipinski definition) is 0. The first-order valence-corrected chi connectivity index (χ1v) is 19.1. The molecule has 0 atom stereocenters. The normalized spacial score (nSPS) is 13.2. The second-order valence-corrected chi connectivity index (χ2v) is 13.9. The van der Waals surface area contributed by atoms with Gasteiger partial charge in [-0.15, -0.1) is 0 Å². The molecule has 0 aromatic heterocycles. The van der Waals surface area contributed by atoms with Gasteiger partial charge in [-0.2, -0.15) is 0 Å². The van der Waals surface area contributed by atoms with Crippen LogP contribution in [-0.2, 0) is 49.5 Å². The maximum atomic E-state index is 12.7. The number of likely N-dealkylation sites (N-methyl/N-ethyl adjacent to an activating group) is 2.